The number of halogens is 1. The van der Waals surface area contributed by atoms with Crippen LogP contribution in [0.25, 0.3) is 4.83 Å². The first-order valence-electron chi connectivity index (χ1n) is 9.54. The lowest BCUT2D eigenvalue weighted by Gasteiger charge is -2.07. The summed E-state index contributed by atoms with van der Waals surface area (Å²) in [4.78, 5) is 43.3. The van der Waals surface area contributed by atoms with Gasteiger partial charge >= 0.3 is 5.69 Å². The number of nitrogens with zero attached hydrogens (tertiary/aromatic N) is 3. The molecule has 0 aliphatic heterocycles. The number of ether oxygens (including phenoxy) is 1. The Labute approximate surface area is 193 Å². The first-order valence-corrected chi connectivity index (χ1v) is 10.4. The van der Waals surface area contributed by atoms with E-state index in [9.17, 15) is 14.4 Å². The Kier molecular flexibility index (Phi) is 7.12. The summed E-state index contributed by atoms with van der Waals surface area (Å²) in [6.07, 6.45) is 3.09. The highest BCUT2D eigenvalue weighted by atomic mass is 35.5. The number of thiazole rings is 1. The van der Waals surface area contributed by atoms with Gasteiger partial charge in [-0.25, -0.2) is 9.78 Å². The third kappa shape index (κ3) is 4.58. The van der Waals surface area contributed by atoms with Crippen LogP contribution < -0.4 is 21.3 Å². The van der Waals surface area contributed by atoms with Gasteiger partial charge in [-0.1, -0.05) is 30.3 Å². The quantitative estimate of drug-likeness (QED) is 0.465. The standard InChI is InChI=1S/C22H20N4O4S.ClH/c1-14-20(28)25(12-15-6-4-3-5-7-15)22(29)26-13-17(31-21(14)26)19(27)24-11-16-8-9-23-18(10-16)30-2;/h3-10,13H,11-12H2,1-2H3,(H,24,27);1H. The average Bonchev–Trinajstić information content (AvgIpc) is 3.26. The van der Waals surface area contributed by atoms with Gasteiger partial charge < -0.3 is 10.1 Å². The third-order valence-electron chi connectivity index (χ3n) is 4.86. The molecule has 0 saturated carbocycles. The zero-order valence-electron chi connectivity index (χ0n) is 17.4. The van der Waals surface area contributed by atoms with E-state index in [2.05, 4.69) is 10.3 Å². The highest BCUT2D eigenvalue weighted by molar-refractivity contribution is 7.19. The second kappa shape index (κ2) is 9.80. The fourth-order valence-electron chi connectivity index (χ4n) is 3.22. The minimum atomic E-state index is -0.469. The van der Waals surface area contributed by atoms with E-state index in [1.54, 1.807) is 25.3 Å². The minimum Gasteiger partial charge on any atom is -0.481 e. The maximum atomic E-state index is 13.0. The second-order valence-electron chi connectivity index (χ2n) is 6.94. The molecule has 0 unspecified atom stereocenters. The monoisotopic (exact) mass is 472 g/mol. The molecule has 0 aliphatic carbocycles. The van der Waals surface area contributed by atoms with Crippen molar-refractivity contribution in [1.29, 1.82) is 0 Å². The van der Waals surface area contributed by atoms with E-state index in [0.717, 1.165) is 22.5 Å². The van der Waals surface area contributed by atoms with Crippen LogP contribution in [-0.4, -0.2) is 27.0 Å². The molecule has 0 spiro atoms. The van der Waals surface area contributed by atoms with Crippen molar-refractivity contribution in [3.8, 4) is 5.88 Å². The number of pyridine rings is 1. The summed E-state index contributed by atoms with van der Waals surface area (Å²) in [7, 11) is 1.52. The zero-order chi connectivity index (χ0) is 22.0. The number of carbonyl (C=O) groups excluding carboxylic acids is 1. The van der Waals surface area contributed by atoms with Crippen molar-refractivity contribution in [2.24, 2.45) is 0 Å². The molecule has 1 amide bonds. The van der Waals surface area contributed by atoms with Gasteiger partial charge in [0.1, 0.15) is 9.71 Å². The molecule has 4 rings (SSSR count). The lowest BCUT2D eigenvalue weighted by molar-refractivity contribution is 0.0954. The molecule has 1 N–H and O–H groups in total. The molecular formula is C22H21ClN4O4S. The molecule has 3 aromatic heterocycles. The van der Waals surface area contributed by atoms with Crippen LogP contribution in [0.5, 0.6) is 5.88 Å². The summed E-state index contributed by atoms with van der Waals surface area (Å²) in [5.41, 5.74) is 1.29. The van der Waals surface area contributed by atoms with Crippen molar-refractivity contribution in [2.75, 3.05) is 7.11 Å². The molecule has 10 heteroatoms. The van der Waals surface area contributed by atoms with Crippen molar-refractivity contribution in [2.45, 2.75) is 20.0 Å². The number of aromatic nitrogens is 3. The van der Waals surface area contributed by atoms with Gasteiger partial charge in [-0.05, 0) is 24.1 Å². The summed E-state index contributed by atoms with van der Waals surface area (Å²) >= 11 is 1.12. The normalized spacial score (nSPS) is 10.6. The van der Waals surface area contributed by atoms with Gasteiger partial charge in [-0.2, -0.15) is 0 Å². The highest BCUT2D eigenvalue weighted by Gasteiger charge is 2.17. The van der Waals surface area contributed by atoms with E-state index in [4.69, 9.17) is 4.74 Å². The number of benzene rings is 1. The fourth-order valence-corrected chi connectivity index (χ4v) is 4.22. The van der Waals surface area contributed by atoms with Gasteiger partial charge in [0.05, 0.1) is 13.7 Å². The number of fused-ring (bicyclic) bond motifs is 1. The number of hydrogen-bond acceptors (Lipinski definition) is 6. The molecule has 0 atom stereocenters. The van der Waals surface area contributed by atoms with Crippen molar-refractivity contribution >= 4 is 34.5 Å². The molecule has 0 radical (unpaired) electrons. The summed E-state index contributed by atoms with van der Waals surface area (Å²) < 4.78 is 7.65. The van der Waals surface area contributed by atoms with Gasteiger partial charge in [-0.15, -0.1) is 23.7 Å². The van der Waals surface area contributed by atoms with Crippen LogP contribution in [-0.2, 0) is 13.1 Å². The van der Waals surface area contributed by atoms with Crippen molar-refractivity contribution in [3.63, 3.8) is 0 Å². The first-order chi connectivity index (χ1) is 15.0. The van der Waals surface area contributed by atoms with Crippen LogP contribution in [0.4, 0.5) is 0 Å². The van der Waals surface area contributed by atoms with Crippen molar-refractivity contribution < 1.29 is 9.53 Å². The zero-order valence-corrected chi connectivity index (χ0v) is 19.0. The molecule has 0 bridgehead atoms. The Morgan fingerprint density at radius 1 is 1.16 bits per heavy atom. The number of methoxy groups -OCH3 is 1. The summed E-state index contributed by atoms with van der Waals surface area (Å²) in [6.45, 7) is 2.12. The van der Waals surface area contributed by atoms with E-state index in [-0.39, 0.29) is 37.0 Å². The van der Waals surface area contributed by atoms with Gasteiger partial charge in [-0.3, -0.25) is 18.6 Å². The molecular weight excluding hydrogens is 452 g/mol. The van der Waals surface area contributed by atoms with Crippen LogP contribution in [0, 0.1) is 6.92 Å². The second-order valence-corrected chi connectivity index (χ2v) is 7.97. The minimum absolute atomic E-state index is 0. The number of amides is 1. The number of nitrogens with one attached hydrogen (secondary N) is 1. The topological polar surface area (TPSA) is 94.7 Å². The Morgan fingerprint density at radius 3 is 2.62 bits per heavy atom. The molecule has 8 nitrogen and oxygen atoms in total. The number of rotatable bonds is 6. The van der Waals surface area contributed by atoms with E-state index in [1.165, 1.54) is 22.3 Å². The average molecular weight is 473 g/mol. The van der Waals surface area contributed by atoms with Gasteiger partial charge in [0.2, 0.25) is 5.88 Å². The van der Waals surface area contributed by atoms with Crippen LogP contribution in [0.1, 0.15) is 26.4 Å². The molecule has 4 aromatic rings. The molecule has 32 heavy (non-hydrogen) atoms. The van der Waals surface area contributed by atoms with Crippen molar-refractivity contribution in [1.82, 2.24) is 19.3 Å². The van der Waals surface area contributed by atoms with Crippen LogP contribution in [0.3, 0.4) is 0 Å². The Balaban J connectivity index is 0.00000289. The number of carbonyl (C=O) groups is 1. The van der Waals surface area contributed by atoms with Crippen molar-refractivity contribution in [3.05, 3.63) is 97.3 Å². The largest absolute Gasteiger partial charge is 0.481 e. The maximum Gasteiger partial charge on any atom is 0.336 e. The predicted octanol–water partition coefficient (Wildman–Crippen LogP) is 2.63. The summed E-state index contributed by atoms with van der Waals surface area (Å²) in [6, 6.07) is 12.8. The van der Waals surface area contributed by atoms with Gasteiger partial charge in [0.25, 0.3) is 11.5 Å². The summed E-state index contributed by atoms with van der Waals surface area (Å²) in [5.74, 6) is 0.132. The Bertz CT molecular complexity index is 1380. The van der Waals surface area contributed by atoms with Crippen LogP contribution >= 0.6 is 23.7 Å². The molecule has 0 fully saturated rings. The smallest absolute Gasteiger partial charge is 0.336 e. The lowest BCUT2D eigenvalue weighted by Crippen LogP contribution is -2.38. The Hall–Kier alpha value is -3.43. The first kappa shape index (κ1) is 23.2. The molecule has 1 aromatic carbocycles. The lowest BCUT2D eigenvalue weighted by atomic mass is 10.2. The maximum absolute atomic E-state index is 13.0. The SMILES string of the molecule is COc1cc(CNC(=O)c2cn3c(=O)n(Cc4ccccc4)c(=O)c(C)c3s2)ccn1.Cl. The predicted molar refractivity (Wildman–Crippen MR) is 125 cm³/mol. The van der Waals surface area contributed by atoms with Gasteiger partial charge in [0.15, 0.2) is 0 Å². The van der Waals surface area contributed by atoms with Crippen LogP contribution in [0.15, 0.2) is 64.4 Å². The van der Waals surface area contributed by atoms with E-state index < -0.39 is 5.69 Å². The van der Waals surface area contributed by atoms with Crippen LogP contribution in [0.2, 0.25) is 0 Å². The van der Waals surface area contributed by atoms with E-state index in [1.807, 2.05) is 30.3 Å². The highest BCUT2D eigenvalue weighted by Crippen LogP contribution is 2.18. The van der Waals surface area contributed by atoms with E-state index >= 15 is 0 Å². The summed E-state index contributed by atoms with van der Waals surface area (Å²) in [5, 5.41) is 2.82. The van der Waals surface area contributed by atoms with E-state index in [0.29, 0.717) is 21.2 Å². The third-order valence-corrected chi connectivity index (χ3v) is 6.07. The number of hydrogen-bond donors (Lipinski definition) is 1. The Morgan fingerprint density at radius 2 is 1.91 bits per heavy atom. The van der Waals surface area contributed by atoms with Gasteiger partial charge in [0, 0.05) is 30.6 Å². The molecule has 0 saturated heterocycles. The fraction of sp³-hybridized carbons (Fsp3) is 0.182. The molecule has 0 aliphatic rings. The molecule has 166 valence electrons. The number of aryl methyl sites for hydroxylation is 1. The molecule has 3 heterocycles.